The van der Waals surface area contributed by atoms with Crippen molar-refractivity contribution < 1.29 is 18.7 Å². The Labute approximate surface area is 105 Å². The van der Waals surface area contributed by atoms with Crippen molar-refractivity contribution >= 4 is 17.8 Å². The number of ether oxygens (including phenoxy) is 1. The van der Waals surface area contributed by atoms with Crippen molar-refractivity contribution in [3.05, 3.63) is 53.9 Å². The second-order valence-corrected chi connectivity index (χ2v) is 3.56. The van der Waals surface area contributed by atoms with Gasteiger partial charge in [-0.1, -0.05) is 24.8 Å². The van der Waals surface area contributed by atoms with Crippen LogP contribution in [0.2, 0.25) is 0 Å². The lowest BCUT2D eigenvalue weighted by Crippen LogP contribution is -2.13. The third-order valence-corrected chi connectivity index (χ3v) is 2.09. The molecule has 0 saturated carbocycles. The SMILES string of the molecule is C=CCOC(=O)C(=Cc1cccc(F)c1)C(C)=O. The topological polar surface area (TPSA) is 43.4 Å². The standard InChI is InChI=1S/C14H13FO3/c1-3-7-18-14(17)13(10(2)16)9-11-5-4-6-12(15)8-11/h3-6,8-9H,1,7H2,2H3. The average Bonchev–Trinajstić information content (AvgIpc) is 2.32. The molecular formula is C14H13FO3. The number of rotatable bonds is 5. The van der Waals surface area contributed by atoms with E-state index in [4.69, 9.17) is 4.74 Å². The number of benzene rings is 1. The predicted molar refractivity (Wildman–Crippen MR) is 66.2 cm³/mol. The average molecular weight is 248 g/mol. The number of hydrogen-bond acceptors (Lipinski definition) is 3. The highest BCUT2D eigenvalue weighted by Crippen LogP contribution is 2.11. The molecule has 0 spiro atoms. The quantitative estimate of drug-likeness (QED) is 0.264. The zero-order valence-electron chi connectivity index (χ0n) is 9.98. The van der Waals surface area contributed by atoms with Crippen molar-refractivity contribution in [2.75, 3.05) is 6.61 Å². The number of carbonyl (C=O) groups is 2. The summed E-state index contributed by atoms with van der Waals surface area (Å²) in [6.07, 6.45) is 2.70. The third kappa shape index (κ3) is 3.97. The summed E-state index contributed by atoms with van der Waals surface area (Å²) in [5, 5.41) is 0. The van der Waals surface area contributed by atoms with E-state index in [-0.39, 0.29) is 12.2 Å². The van der Waals surface area contributed by atoms with Gasteiger partial charge in [0, 0.05) is 0 Å². The third-order valence-electron chi connectivity index (χ3n) is 2.09. The van der Waals surface area contributed by atoms with Crippen LogP contribution < -0.4 is 0 Å². The first-order valence-electron chi connectivity index (χ1n) is 5.31. The monoisotopic (exact) mass is 248 g/mol. The number of carbonyl (C=O) groups excluding carboxylic acids is 2. The lowest BCUT2D eigenvalue weighted by Gasteiger charge is -2.04. The Morgan fingerprint density at radius 2 is 2.17 bits per heavy atom. The number of hydrogen-bond donors (Lipinski definition) is 0. The Kier molecular flexibility index (Phi) is 4.99. The molecule has 1 aromatic rings. The largest absolute Gasteiger partial charge is 0.458 e. The molecule has 0 unspecified atom stereocenters. The van der Waals surface area contributed by atoms with E-state index in [1.165, 1.54) is 37.3 Å². The molecule has 0 atom stereocenters. The highest BCUT2D eigenvalue weighted by atomic mass is 19.1. The van der Waals surface area contributed by atoms with E-state index in [1.54, 1.807) is 6.07 Å². The molecule has 1 rings (SSSR count). The summed E-state index contributed by atoms with van der Waals surface area (Å²) in [5.74, 6) is -1.62. The van der Waals surface area contributed by atoms with E-state index >= 15 is 0 Å². The Balaban J connectivity index is 3.01. The fourth-order valence-electron chi connectivity index (χ4n) is 1.28. The van der Waals surface area contributed by atoms with E-state index in [0.717, 1.165) is 0 Å². The van der Waals surface area contributed by atoms with Gasteiger partial charge in [0.1, 0.15) is 18.0 Å². The van der Waals surface area contributed by atoms with Crippen LogP contribution in [0.3, 0.4) is 0 Å². The fraction of sp³-hybridized carbons (Fsp3) is 0.143. The molecule has 0 aromatic heterocycles. The molecule has 0 N–H and O–H groups in total. The molecular weight excluding hydrogens is 235 g/mol. The normalized spacial score (nSPS) is 10.9. The van der Waals surface area contributed by atoms with Gasteiger partial charge in [-0.3, -0.25) is 4.79 Å². The van der Waals surface area contributed by atoms with Gasteiger partial charge in [0.15, 0.2) is 5.78 Å². The molecule has 0 saturated heterocycles. The lowest BCUT2D eigenvalue weighted by molar-refractivity contribution is -0.139. The van der Waals surface area contributed by atoms with Gasteiger partial charge in [-0.2, -0.15) is 0 Å². The van der Waals surface area contributed by atoms with Crippen molar-refractivity contribution in [1.29, 1.82) is 0 Å². The minimum absolute atomic E-state index is 0.0204. The van der Waals surface area contributed by atoms with Gasteiger partial charge in [-0.25, -0.2) is 9.18 Å². The lowest BCUT2D eigenvalue weighted by atomic mass is 10.1. The van der Waals surface area contributed by atoms with Gasteiger partial charge in [-0.15, -0.1) is 0 Å². The zero-order valence-corrected chi connectivity index (χ0v) is 9.98. The van der Waals surface area contributed by atoms with Crippen molar-refractivity contribution in [3.63, 3.8) is 0 Å². The Hall–Kier alpha value is -2.23. The van der Waals surface area contributed by atoms with Gasteiger partial charge in [0.05, 0.1) is 0 Å². The van der Waals surface area contributed by atoms with Crippen molar-refractivity contribution in [3.8, 4) is 0 Å². The summed E-state index contributed by atoms with van der Waals surface area (Å²) in [4.78, 5) is 22.9. The summed E-state index contributed by atoms with van der Waals surface area (Å²) in [6.45, 7) is 4.67. The summed E-state index contributed by atoms with van der Waals surface area (Å²) in [6, 6.07) is 5.59. The van der Waals surface area contributed by atoms with Gasteiger partial charge in [0.2, 0.25) is 0 Å². The molecule has 1 aromatic carbocycles. The molecule has 0 aliphatic heterocycles. The first-order chi connectivity index (χ1) is 8.54. The van der Waals surface area contributed by atoms with Crippen LogP contribution in [-0.4, -0.2) is 18.4 Å². The van der Waals surface area contributed by atoms with Gasteiger partial charge in [-0.05, 0) is 30.7 Å². The Morgan fingerprint density at radius 1 is 1.44 bits per heavy atom. The van der Waals surface area contributed by atoms with E-state index in [9.17, 15) is 14.0 Å². The fourth-order valence-corrected chi connectivity index (χ4v) is 1.28. The van der Waals surface area contributed by atoms with Crippen LogP contribution >= 0.6 is 0 Å². The second-order valence-electron chi connectivity index (χ2n) is 3.56. The van der Waals surface area contributed by atoms with Crippen LogP contribution in [0.4, 0.5) is 4.39 Å². The molecule has 3 nitrogen and oxygen atoms in total. The number of Topliss-reactive ketones (excluding diaryl/α,β-unsaturated/α-hetero) is 1. The molecule has 4 heteroatoms. The first kappa shape index (κ1) is 13.8. The smallest absolute Gasteiger partial charge is 0.342 e. The summed E-state index contributed by atoms with van der Waals surface area (Å²) < 4.78 is 17.8. The maximum Gasteiger partial charge on any atom is 0.342 e. The van der Waals surface area contributed by atoms with Crippen molar-refractivity contribution in [2.24, 2.45) is 0 Å². The molecule has 0 aliphatic carbocycles. The maximum absolute atomic E-state index is 13.0. The predicted octanol–water partition coefficient (Wildman–Crippen LogP) is 2.53. The summed E-state index contributed by atoms with van der Waals surface area (Å²) in [7, 11) is 0. The summed E-state index contributed by atoms with van der Waals surface area (Å²) >= 11 is 0. The van der Waals surface area contributed by atoms with Crippen molar-refractivity contribution in [1.82, 2.24) is 0 Å². The molecule has 0 radical (unpaired) electrons. The highest BCUT2D eigenvalue weighted by molar-refractivity contribution is 6.19. The van der Waals surface area contributed by atoms with E-state index < -0.39 is 17.6 Å². The van der Waals surface area contributed by atoms with Crippen LogP contribution in [0.15, 0.2) is 42.5 Å². The number of esters is 1. The molecule has 0 amide bonds. The first-order valence-corrected chi connectivity index (χ1v) is 5.31. The van der Waals surface area contributed by atoms with Crippen LogP contribution in [0, 0.1) is 5.82 Å². The minimum atomic E-state index is -0.744. The van der Waals surface area contributed by atoms with Gasteiger partial charge >= 0.3 is 5.97 Å². The molecule has 0 aliphatic rings. The Morgan fingerprint density at radius 3 is 2.72 bits per heavy atom. The minimum Gasteiger partial charge on any atom is -0.458 e. The van der Waals surface area contributed by atoms with Crippen LogP contribution in [0.5, 0.6) is 0 Å². The van der Waals surface area contributed by atoms with Crippen LogP contribution in [0.1, 0.15) is 12.5 Å². The second kappa shape index (κ2) is 6.49. The number of ketones is 1. The van der Waals surface area contributed by atoms with Crippen LogP contribution in [-0.2, 0) is 14.3 Å². The Bertz CT molecular complexity index is 504. The molecule has 94 valence electrons. The van der Waals surface area contributed by atoms with Gasteiger partial charge in [0.25, 0.3) is 0 Å². The van der Waals surface area contributed by atoms with E-state index in [0.29, 0.717) is 5.56 Å². The molecule has 18 heavy (non-hydrogen) atoms. The molecule has 0 heterocycles. The highest BCUT2D eigenvalue weighted by Gasteiger charge is 2.15. The summed E-state index contributed by atoms with van der Waals surface area (Å²) in [5.41, 5.74) is 0.304. The van der Waals surface area contributed by atoms with Crippen molar-refractivity contribution in [2.45, 2.75) is 6.92 Å². The van der Waals surface area contributed by atoms with E-state index in [2.05, 4.69) is 6.58 Å². The van der Waals surface area contributed by atoms with Gasteiger partial charge < -0.3 is 4.74 Å². The maximum atomic E-state index is 13.0. The van der Waals surface area contributed by atoms with E-state index in [1.807, 2.05) is 0 Å². The molecule has 0 fully saturated rings. The van der Waals surface area contributed by atoms with Crippen LogP contribution in [0.25, 0.3) is 6.08 Å². The zero-order chi connectivity index (χ0) is 13.5. The number of halogens is 1. The molecule has 0 bridgehead atoms.